The monoisotopic (exact) mass is 433 g/mol. The van der Waals surface area contributed by atoms with Crippen molar-refractivity contribution in [1.82, 2.24) is 20.1 Å². The maximum Gasteiger partial charge on any atom is 0.231 e. The fourth-order valence-electron chi connectivity index (χ4n) is 3.47. The molecule has 0 unspecified atom stereocenters. The van der Waals surface area contributed by atoms with Crippen LogP contribution in [-0.2, 0) is 27.4 Å². The number of ether oxygens (including phenoxy) is 1. The number of anilines is 1. The zero-order valence-electron chi connectivity index (χ0n) is 15.8. The van der Waals surface area contributed by atoms with Gasteiger partial charge in [-0.3, -0.25) is 9.59 Å². The molecule has 0 radical (unpaired) electrons. The summed E-state index contributed by atoms with van der Waals surface area (Å²) < 4.78 is 5.00. The SMILES string of the molecule is COCc1nnc(NC(=O)[C@H]2CC(=O)N(CCc3c[nH]c4ccc(Cl)cc34)C2)s1. The average Bonchev–Trinajstić information content (AvgIpc) is 3.39. The third-order valence-corrected chi connectivity index (χ3v) is 5.98. The van der Waals surface area contributed by atoms with E-state index in [2.05, 4.69) is 20.5 Å². The first kappa shape index (κ1) is 19.8. The third kappa shape index (κ3) is 4.42. The number of hydrogen-bond donors (Lipinski definition) is 2. The Kier molecular flexibility index (Phi) is 5.79. The van der Waals surface area contributed by atoms with Gasteiger partial charge in [0.15, 0.2) is 0 Å². The van der Waals surface area contributed by atoms with E-state index in [0.29, 0.717) is 41.3 Å². The minimum Gasteiger partial charge on any atom is -0.377 e. The van der Waals surface area contributed by atoms with Gasteiger partial charge in [0.1, 0.15) is 11.6 Å². The second-order valence-electron chi connectivity index (χ2n) is 6.92. The van der Waals surface area contributed by atoms with Crippen molar-refractivity contribution < 1.29 is 14.3 Å². The van der Waals surface area contributed by atoms with Crippen LogP contribution in [0, 0.1) is 5.92 Å². The number of nitrogens with one attached hydrogen (secondary N) is 2. The molecule has 1 saturated heterocycles. The Morgan fingerprint density at radius 1 is 1.45 bits per heavy atom. The minimum atomic E-state index is -0.394. The van der Waals surface area contributed by atoms with Crippen LogP contribution < -0.4 is 5.32 Å². The maximum absolute atomic E-state index is 12.5. The molecule has 2 aromatic heterocycles. The van der Waals surface area contributed by atoms with Gasteiger partial charge in [-0.05, 0) is 30.2 Å². The molecule has 152 valence electrons. The number of halogens is 1. The number of amides is 2. The summed E-state index contributed by atoms with van der Waals surface area (Å²) in [5.41, 5.74) is 2.11. The van der Waals surface area contributed by atoms with Crippen LogP contribution in [0.4, 0.5) is 5.13 Å². The van der Waals surface area contributed by atoms with Crippen LogP contribution in [0.15, 0.2) is 24.4 Å². The predicted octanol–water partition coefficient (Wildman–Crippen LogP) is 2.85. The first-order valence-corrected chi connectivity index (χ1v) is 10.4. The van der Waals surface area contributed by atoms with Gasteiger partial charge in [0.05, 0.1) is 5.92 Å². The summed E-state index contributed by atoms with van der Waals surface area (Å²) in [6, 6.07) is 5.70. The van der Waals surface area contributed by atoms with Crippen LogP contribution >= 0.6 is 22.9 Å². The lowest BCUT2D eigenvalue weighted by Crippen LogP contribution is -2.30. The molecule has 1 aromatic carbocycles. The van der Waals surface area contributed by atoms with Gasteiger partial charge < -0.3 is 19.9 Å². The number of hydrogen-bond acceptors (Lipinski definition) is 6. The van der Waals surface area contributed by atoms with E-state index in [1.165, 1.54) is 11.3 Å². The molecule has 2 N–H and O–H groups in total. The van der Waals surface area contributed by atoms with Crippen LogP contribution in [0.3, 0.4) is 0 Å². The Morgan fingerprint density at radius 2 is 2.31 bits per heavy atom. The van der Waals surface area contributed by atoms with E-state index in [1.54, 1.807) is 12.0 Å². The number of rotatable bonds is 7. The smallest absolute Gasteiger partial charge is 0.231 e. The Labute approximate surface area is 176 Å². The van der Waals surface area contributed by atoms with Gasteiger partial charge in [-0.15, -0.1) is 10.2 Å². The number of aromatic amines is 1. The van der Waals surface area contributed by atoms with Crippen LogP contribution in [0.5, 0.6) is 0 Å². The molecule has 0 spiro atoms. The normalized spacial score (nSPS) is 16.7. The second-order valence-corrected chi connectivity index (χ2v) is 8.42. The van der Waals surface area contributed by atoms with Gasteiger partial charge >= 0.3 is 0 Å². The lowest BCUT2D eigenvalue weighted by molar-refractivity contribution is -0.128. The lowest BCUT2D eigenvalue weighted by Gasteiger charge is -2.16. The second kappa shape index (κ2) is 8.48. The van der Waals surface area contributed by atoms with Crippen LogP contribution in [0.25, 0.3) is 10.9 Å². The summed E-state index contributed by atoms with van der Waals surface area (Å²) in [6.45, 7) is 1.30. The molecule has 3 heterocycles. The highest BCUT2D eigenvalue weighted by Crippen LogP contribution is 2.25. The fraction of sp³-hybridized carbons (Fsp3) is 0.368. The summed E-state index contributed by atoms with van der Waals surface area (Å²) in [6.07, 6.45) is 2.84. The van der Waals surface area contributed by atoms with E-state index in [0.717, 1.165) is 16.5 Å². The van der Waals surface area contributed by atoms with Crippen LogP contribution in [0.1, 0.15) is 17.0 Å². The van der Waals surface area contributed by atoms with Crippen LogP contribution in [-0.4, -0.2) is 52.1 Å². The molecule has 29 heavy (non-hydrogen) atoms. The number of fused-ring (bicyclic) bond motifs is 1. The highest BCUT2D eigenvalue weighted by molar-refractivity contribution is 7.15. The van der Waals surface area contributed by atoms with E-state index < -0.39 is 5.92 Å². The molecule has 3 aromatic rings. The molecule has 1 atom stereocenters. The molecule has 1 aliphatic heterocycles. The standard InChI is InChI=1S/C19H20ClN5O3S/c1-28-10-16-23-24-19(29-16)22-18(27)12-6-17(26)25(9-12)5-4-11-8-21-15-3-2-13(20)7-14(11)15/h2-3,7-8,12,21H,4-6,9-10H2,1H3,(H,22,24,27)/t12-/m0/s1. The van der Waals surface area contributed by atoms with Crippen molar-refractivity contribution in [2.24, 2.45) is 5.92 Å². The predicted molar refractivity (Wildman–Crippen MR) is 111 cm³/mol. The van der Waals surface area contributed by atoms with E-state index >= 15 is 0 Å². The molecule has 10 heteroatoms. The van der Waals surface area contributed by atoms with Crippen molar-refractivity contribution >= 4 is 50.8 Å². The highest BCUT2D eigenvalue weighted by atomic mass is 35.5. The molecular formula is C19H20ClN5O3S. The summed E-state index contributed by atoms with van der Waals surface area (Å²) in [5, 5.41) is 13.5. The number of carbonyl (C=O) groups is 2. The molecule has 0 bridgehead atoms. The molecule has 2 amide bonds. The van der Waals surface area contributed by atoms with Gasteiger partial charge in [0, 0.05) is 48.7 Å². The zero-order chi connectivity index (χ0) is 20.4. The van der Waals surface area contributed by atoms with Crippen LogP contribution in [0.2, 0.25) is 5.02 Å². The summed E-state index contributed by atoms with van der Waals surface area (Å²) >= 11 is 7.36. The average molecular weight is 434 g/mol. The Hall–Kier alpha value is -2.49. The zero-order valence-corrected chi connectivity index (χ0v) is 17.3. The van der Waals surface area contributed by atoms with E-state index in [9.17, 15) is 9.59 Å². The topological polar surface area (TPSA) is 100 Å². The van der Waals surface area contributed by atoms with Crippen molar-refractivity contribution in [2.75, 3.05) is 25.5 Å². The molecular weight excluding hydrogens is 414 g/mol. The molecule has 8 nitrogen and oxygen atoms in total. The molecule has 0 saturated carbocycles. The van der Waals surface area contributed by atoms with Gasteiger partial charge in [-0.2, -0.15) is 0 Å². The Morgan fingerprint density at radius 3 is 3.14 bits per heavy atom. The van der Waals surface area contributed by atoms with E-state index in [1.807, 2.05) is 24.4 Å². The molecule has 0 aliphatic carbocycles. The fourth-order valence-corrected chi connectivity index (χ4v) is 4.36. The number of methoxy groups -OCH3 is 1. The van der Waals surface area contributed by atoms with Crippen molar-refractivity contribution in [3.05, 3.63) is 40.0 Å². The van der Waals surface area contributed by atoms with Crippen molar-refractivity contribution in [3.63, 3.8) is 0 Å². The number of nitrogens with zero attached hydrogens (tertiary/aromatic N) is 3. The van der Waals surface area contributed by atoms with Gasteiger partial charge in [-0.1, -0.05) is 22.9 Å². The Bertz CT molecular complexity index is 1050. The number of carbonyl (C=O) groups excluding carboxylic acids is 2. The van der Waals surface area contributed by atoms with E-state index in [-0.39, 0.29) is 18.2 Å². The summed E-state index contributed by atoms with van der Waals surface area (Å²) in [5.74, 6) is -0.616. The minimum absolute atomic E-state index is 0.0136. The first-order chi connectivity index (χ1) is 14.0. The van der Waals surface area contributed by atoms with E-state index in [4.69, 9.17) is 16.3 Å². The lowest BCUT2D eigenvalue weighted by atomic mass is 10.1. The molecule has 1 aliphatic rings. The number of likely N-dealkylation sites (tertiary alicyclic amines) is 1. The van der Waals surface area contributed by atoms with Gasteiger partial charge in [0.25, 0.3) is 0 Å². The third-order valence-electron chi connectivity index (χ3n) is 4.93. The molecule has 1 fully saturated rings. The highest BCUT2D eigenvalue weighted by Gasteiger charge is 2.34. The number of benzene rings is 1. The number of H-pyrrole nitrogens is 1. The van der Waals surface area contributed by atoms with Crippen molar-refractivity contribution in [1.29, 1.82) is 0 Å². The van der Waals surface area contributed by atoms with Gasteiger partial charge in [-0.25, -0.2) is 0 Å². The largest absolute Gasteiger partial charge is 0.377 e. The quantitative estimate of drug-likeness (QED) is 0.596. The molecule has 4 rings (SSSR count). The first-order valence-electron chi connectivity index (χ1n) is 9.19. The number of aromatic nitrogens is 3. The van der Waals surface area contributed by atoms with Crippen molar-refractivity contribution in [3.8, 4) is 0 Å². The van der Waals surface area contributed by atoms with Gasteiger partial charge in [0.2, 0.25) is 16.9 Å². The maximum atomic E-state index is 12.5. The Balaban J connectivity index is 1.34. The summed E-state index contributed by atoms with van der Waals surface area (Å²) in [4.78, 5) is 29.9. The van der Waals surface area contributed by atoms with Crippen molar-refractivity contribution in [2.45, 2.75) is 19.4 Å². The summed E-state index contributed by atoms with van der Waals surface area (Å²) in [7, 11) is 1.57.